The van der Waals surface area contributed by atoms with Gasteiger partial charge in [0.25, 0.3) is 5.91 Å². The lowest BCUT2D eigenvalue weighted by Gasteiger charge is -2.14. The molecule has 1 aliphatic heterocycles. The van der Waals surface area contributed by atoms with E-state index < -0.39 is 5.97 Å². The first-order chi connectivity index (χ1) is 17.6. The number of rotatable bonds is 8. The number of nitrogens with one attached hydrogen (secondary N) is 2. The molecule has 0 saturated carbocycles. The number of fused-ring (bicyclic) bond motifs is 1. The van der Waals surface area contributed by atoms with Gasteiger partial charge in [0.15, 0.2) is 0 Å². The van der Waals surface area contributed by atoms with E-state index in [0.717, 1.165) is 25.2 Å². The molecule has 8 heteroatoms. The van der Waals surface area contributed by atoms with Crippen LogP contribution in [0, 0.1) is 0 Å². The molecule has 3 N–H and O–H groups in total. The quantitative estimate of drug-likeness (QED) is 0.332. The molecular weight excluding hydrogens is 454 g/mol. The Balaban J connectivity index is 1.23. The lowest BCUT2D eigenvalue weighted by atomic mass is 10.1. The van der Waals surface area contributed by atoms with Gasteiger partial charge in [0.1, 0.15) is 12.1 Å². The first kappa shape index (κ1) is 23.4. The molecule has 4 aromatic rings. The number of para-hydroxylation sites is 1. The minimum atomic E-state index is -1.03. The van der Waals surface area contributed by atoms with Crippen molar-refractivity contribution in [1.82, 2.24) is 14.9 Å². The average Bonchev–Trinajstić information content (AvgIpc) is 3.40. The molecule has 0 unspecified atom stereocenters. The highest BCUT2D eigenvalue weighted by atomic mass is 16.4. The van der Waals surface area contributed by atoms with Gasteiger partial charge in [-0.05, 0) is 73.5 Å². The van der Waals surface area contributed by atoms with Crippen molar-refractivity contribution in [1.29, 1.82) is 0 Å². The summed E-state index contributed by atoms with van der Waals surface area (Å²) in [5.41, 5.74) is 3.98. The molecule has 1 saturated heterocycles. The van der Waals surface area contributed by atoms with Crippen molar-refractivity contribution in [3.05, 3.63) is 95.3 Å². The van der Waals surface area contributed by atoms with Crippen LogP contribution >= 0.6 is 0 Å². The molecule has 1 aromatic heterocycles. The Hall–Kier alpha value is -4.30. The molecule has 8 nitrogen and oxygen atoms in total. The predicted molar refractivity (Wildman–Crippen MR) is 139 cm³/mol. The number of carbonyl (C=O) groups excluding carboxylic acids is 1. The summed E-state index contributed by atoms with van der Waals surface area (Å²) in [6, 6.07) is 20.4. The Morgan fingerprint density at radius 3 is 2.47 bits per heavy atom. The van der Waals surface area contributed by atoms with Crippen LogP contribution in [0.3, 0.4) is 0 Å². The number of carbonyl (C=O) groups is 2. The molecule has 36 heavy (non-hydrogen) atoms. The molecule has 5 rings (SSSR count). The second kappa shape index (κ2) is 10.5. The summed E-state index contributed by atoms with van der Waals surface area (Å²) in [5, 5.41) is 16.3. The van der Waals surface area contributed by atoms with Gasteiger partial charge in [0, 0.05) is 29.7 Å². The second-order valence-corrected chi connectivity index (χ2v) is 8.92. The van der Waals surface area contributed by atoms with E-state index >= 15 is 0 Å². The number of carboxylic acid groups (broad SMARTS) is 1. The molecule has 1 aliphatic rings. The number of amides is 1. The van der Waals surface area contributed by atoms with Gasteiger partial charge in [-0.15, -0.1) is 0 Å². The van der Waals surface area contributed by atoms with Gasteiger partial charge in [-0.25, -0.2) is 14.8 Å². The number of carboxylic acids is 1. The third-order valence-corrected chi connectivity index (χ3v) is 6.36. The van der Waals surface area contributed by atoms with E-state index in [-0.39, 0.29) is 11.5 Å². The zero-order valence-corrected chi connectivity index (χ0v) is 19.8. The molecule has 2 heterocycles. The summed E-state index contributed by atoms with van der Waals surface area (Å²) in [5.74, 6) is -0.641. The smallest absolute Gasteiger partial charge is 0.337 e. The van der Waals surface area contributed by atoms with Crippen LogP contribution in [0.15, 0.2) is 73.1 Å². The van der Waals surface area contributed by atoms with Crippen LogP contribution in [0.2, 0.25) is 0 Å². The van der Waals surface area contributed by atoms with Gasteiger partial charge >= 0.3 is 5.97 Å². The van der Waals surface area contributed by atoms with Gasteiger partial charge < -0.3 is 15.7 Å². The van der Waals surface area contributed by atoms with E-state index in [2.05, 4.69) is 25.5 Å². The van der Waals surface area contributed by atoms with Crippen LogP contribution in [-0.2, 0) is 13.1 Å². The van der Waals surface area contributed by atoms with E-state index in [1.165, 1.54) is 30.8 Å². The minimum absolute atomic E-state index is 0.131. The van der Waals surface area contributed by atoms with Gasteiger partial charge in [0.2, 0.25) is 0 Å². The normalized spacial score (nSPS) is 13.6. The van der Waals surface area contributed by atoms with E-state index in [0.29, 0.717) is 34.5 Å². The number of anilines is 2. The SMILES string of the molecule is O=C(Nc1cccc(CNc2ncnc3c(C(=O)O)cccc23)c1)c1ccc(CN2CCCC2)cc1. The fourth-order valence-corrected chi connectivity index (χ4v) is 4.51. The summed E-state index contributed by atoms with van der Waals surface area (Å²) >= 11 is 0. The highest BCUT2D eigenvalue weighted by Gasteiger charge is 2.14. The third kappa shape index (κ3) is 5.34. The molecule has 1 amide bonds. The highest BCUT2D eigenvalue weighted by Crippen LogP contribution is 2.23. The Labute approximate surface area is 209 Å². The van der Waals surface area contributed by atoms with Crippen LogP contribution in [-0.4, -0.2) is 44.9 Å². The third-order valence-electron chi connectivity index (χ3n) is 6.36. The Morgan fingerprint density at radius 1 is 0.917 bits per heavy atom. The molecule has 182 valence electrons. The maximum absolute atomic E-state index is 12.8. The van der Waals surface area contributed by atoms with Gasteiger partial charge in [-0.2, -0.15) is 0 Å². The fraction of sp³-hybridized carbons (Fsp3) is 0.214. The minimum Gasteiger partial charge on any atom is -0.478 e. The van der Waals surface area contributed by atoms with Gasteiger partial charge in [-0.1, -0.05) is 30.3 Å². The van der Waals surface area contributed by atoms with E-state index in [1.807, 2.05) is 48.5 Å². The lowest BCUT2D eigenvalue weighted by molar-refractivity contribution is 0.0698. The number of likely N-dealkylation sites (tertiary alicyclic amines) is 1. The molecular formula is C28H27N5O3. The van der Waals surface area contributed by atoms with Crippen molar-refractivity contribution < 1.29 is 14.7 Å². The van der Waals surface area contributed by atoms with Crippen LogP contribution in [0.1, 0.15) is 44.7 Å². The number of aromatic nitrogens is 2. The van der Waals surface area contributed by atoms with E-state index in [9.17, 15) is 14.7 Å². The van der Waals surface area contributed by atoms with Crippen LogP contribution < -0.4 is 10.6 Å². The van der Waals surface area contributed by atoms with Crippen molar-refractivity contribution in [2.45, 2.75) is 25.9 Å². The molecule has 3 aromatic carbocycles. The molecule has 0 atom stereocenters. The number of benzene rings is 3. The Kier molecular flexibility index (Phi) is 6.86. The second-order valence-electron chi connectivity index (χ2n) is 8.92. The first-order valence-electron chi connectivity index (χ1n) is 12.0. The summed E-state index contributed by atoms with van der Waals surface area (Å²) in [6.45, 7) is 3.66. The zero-order chi connectivity index (χ0) is 24.9. The maximum Gasteiger partial charge on any atom is 0.337 e. The number of hydrogen-bond donors (Lipinski definition) is 3. The number of aromatic carboxylic acids is 1. The van der Waals surface area contributed by atoms with E-state index in [4.69, 9.17) is 0 Å². The van der Waals surface area contributed by atoms with Crippen molar-refractivity contribution in [3.63, 3.8) is 0 Å². The van der Waals surface area contributed by atoms with Crippen molar-refractivity contribution in [3.8, 4) is 0 Å². The largest absolute Gasteiger partial charge is 0.478 e. The summed E-state index contributed by atoms with van der Waals surface area (Å²) in [6.07, 6.45) is 3.87. The zero-order valence-electron chi connectivity index (χ0n) is 19.8. The number of nitrogens with zero attached hydrogens (tertiary/aromatic N) is 3. The van der Waals surface area contributed by atoms with E-state index in [1.54, 1.807) is 12.1 Å². The molecule has 0 radical (unpaired) electrons. The average molecular weight is 482 g/mol. The predicted octanol–water partition coefficient (Wildman–Crippen LogP) is 4.79. The topological polar surface area (TPSA) is 107 Å². The summed E-state index contributed by atoms with van der Waals surface area (Å²) in [4.78, 5) is 35.2. The van der Waals surface area contributed by atoms with Gasteiger partial charge in [-0.3, -0.25) is 9.69 Å². The van der Waals surface area contributed by atoms with Crippen molar-refractivity contribution >= 4 is 34.3 Å². The maximum atomic E-state index is 12.8. The van der Waals surface area contributed by atoms with Crippen molar-refractivity contribution in [2.24, 2.45) is 0 Å². The molecule has 1 fully saturated rings. The molecule has 0 spiro atoms. The Morgan fingerprint density at radius 2 is 1.69 bits per heavy atom. The standard InChI is InChI=1S/C28H27N5O3/c34-27(21-11-9-19(10-12-21)17-33-13-1-2-14-33)32-22-6-3-5-20(15-22)16-29-26-23-7-4-8-24(28(35)36)25(23)30-18-31-26/h3-12,15,18H,1-2,13-14,16-17H2,(H,32,34)(H,35,36)(H,29,30,31). The van der Waals surface area contributed by atoms with Crippen LogP contribution in [0.4, 0.5) is 11.5 Å². The Bertz CT molecular complexity index is 1400. The number of hydrogen-bond acceptors (Lipinski definition) is 6. The van der Waals surface area contributed by atoms with Crippen LogP contribution in [0.25, 0.3) is 10.9 Å². The summed E-state index contributed by atoms with van der Waals surface area (Å²) < 4.78 is 0. The van der Waals surface area contributed by atoms with Crippen LogP contribution in [0.5, 0.6) is 0 Å². The first-order valence-corrected chi connectivity index (χ1v) is 12.0. The van der Waals surface area contributed by atoms with Gasteiger partial charge in [0.05, 0.1) is 11.1 Å². The molecule has 0 bridgehead atoms. The highest BCUT2D eigenvalue weighted by molar-refractivity contribution is 6.05. The van der Waals surface area contributed by atoms with Crippen molar-refractivity contribution in [2.75, 3.05) is 23.7 Å². The fourth-order valence-electron chi connectivity index (χ4n) is 4.51. The molecule has 0 aliphatic carbocycles. The summed E-state index contributed by atoms with van der Waals surface area (Å²) in [7, 11) is 0. The lowest BCUT2D eigenvalue weighted by Crippen LogP contribution is -2.18. The monoisotopic (exact) mass is 481 g/mol.